The van der Waals surface area contributed by atoms with Crippen molar-refractivity contribution in [3.8, 4) is 0 Å². The Bertz CT molecular complexity index is 18.0. The molecule has 0 saturated carbocycles. The van der Waals surface area contributed by atoms with Crippen LogP contribution in [-0.2, 0) is 0 Å². The third-order valence-corrected chi connectivity index (χ3v) is 7.11. The van der Waals surface area contributed by atoms with Gasteiger partial charge in [0.15, 0.2) is 0 Å². The van der Waals surface area contributed by atoms with Crippen molar-refractivity contribution in [2.75, 3.05) is 0 Å². The van der Waals surface area contributed by atoms with Gasteiger partial charge in [0.25, 0.3) is 0 Å². The molecule has 0 aromatic heterocycles. The molecule has 0 aromatic carbocycles. The van der Waals surface area contributed by atoms with Gasteiger partial charge in [-0.05, 0) is 10.2 Å². The van der Waals surface area contributed by atoms with Gasteiger partial charge in [-0.15, -0.1) is 0 Å². The fourth-order valence-corrected chi connectivity index (χ4v) is 4.50. The van der Waals surface area contributed by atoms with E-state index in [9.17, 15) is 0 Å². The van der Waals surface area contributed by atoms with Crippen molar-refractivity contribution in [1.82, 2.24) is 0 Å². The lowest BCUT2D eigenvalue weighted by Crippen LogP contribution is -1.85. The van der Waals surface area contributed by atoms with Gasteiger partial charge in [0.05, 0.1) is 0 Å². The number of hydrogen-bond acceptors (Lipinski definition) is 0. The zero-order valence-electron chi connectivity index (χ0n) is 4.83. The largest absolute Gasteiger partial charge is 0.0750 e. The lowest BCUT2D eigenvalue weighted by molar-refractivity contribution is 1.43. The fraction of sp³-hybridized carbons (Fsp3) is 1.00. The van der Waals surface area contributed by atoms with Gasteiger partial charge in [-0.3, -0.25) is 0 Å². The topological polar surface area (TPSA) is 0 Å². The summed E-state index contributed by atoms with van der Waals surface area (Å²) in [6.45, 7) is 0. The van der Waals surface area contributed by atoms with Gasteiger partial charge in [-0.1, -0.05) is 17.8 Å². The van der Waals surface area contributed by atoms with Crippen molar-refractivity contribution in [2.24, 2.45) is 0 Å². The molecule has 0 saturated heterocycles. The molecule has 0 aromatic rings. The van der Waals surface area contributed by atoms with Crippen LogP contribution in [0.25, 0.3) is 0 Å². The maximum absolute atomic E-state index is 1.66. The maximum atomic E-state index is 1.66. The second-order valence-electron chi connectivity index (χ2n) is 1.71. The molecule has 0 nitrogen and oxygen atoms in total. The zero-order valence-corrected chi connectivity index (χ0v) is 10.2. The van der Waals surface area contributed by atoms with Crippen molar-refractivity contribution in [2.45, 2.75) is 17.8 Å². The Balaban J connectivity index is 2.34. The smallest absolute Gasteiger partial charge is 0.0160 e. The second-order valence-corrected chi connectivity index (χ2v) is 8.12. The van der Waals surface area contributed by atoms with Gasteiger partial charge >= 0.3 is 0 Å². The molecule has 0 amide bonds. The van der Waals surface area contributed by atoms with E-state index in [1.165, 1.54) is 20.5 Å². The van der Waals surface area contributed by atoms with Crippen molar-refractivity contribution in [3.05, 3.63) is 0 Å². The van der Waals surface area contributed by atoms with Crippen LogP contribution in [0.2, 0.25) is 17.8 Å². The van der Waals surface area contributed by atoms with E-state index in [-0.39, 0.29) is 0 Å². The molecule has 6 heavy (non-hydrogen) atoms. The first-order chi connectivity index (χ1) is 2.91. The van der Waals surface area contributed by atoms with E-state index in [4.69, 9.17) is 0 Å². The Morgan fingerprint density at radius 1 is 1.33 bits per heavy atom. The Morgan fingerprint density at radius 3 is 2.17 bits per heavy atom. The van der Waals surface area contributed by atoms with E-state index in [1.807, 2.05) is 0 Å². The first-order valence-corrected chi connectivity index (χ1v) is 7.74. The average Bonchev–Trinajstić information content (AvgIpc) is 1.61. The summed E-state index contributed by atoms with van der Waals surface area (Å²) in [7, 11) is 3.45. The molecular weight excluding hydrogens is 120 g/mol. The van der Waals surface area contributed by atoms with E-state index in [0.717, 1.165) is 0 Å². The molecular formula is C3H14Si3. The van der Waals surface area contributed by atoms with Gasteiger partial charge in [0.1, 0.15) is 0 Å². The number of hydrogen-bond donors (Lipinski definition) is 0. The second kappa shape index (κ2) is 5.65. The molecule has 0 spiro atoms. The van der Waals surface area contributed by atoms with E-state index in [1.54, 1.807) is 17.8 Å². The highest BCUT2D eigenvalue weighted by molar-refractivity contribution is 6.47. The summed E-state index contributed by atoms with van der Waals surface area (Å²) in [5, 5.41) is 0. The predicted molar refractivity (Wildman–Crippen MR) is 42.8 cm³/mol. The van der Waals surface area contributed by atoms with Gasteiger partial charge in [-0.25, -0.2) is 0 Å². The van der Waals surface area contributed by atoms with Crippen molar-refractivity contribution < 1.29 is 0 Å². The Kier molecular flexibility index (Phi) is 6.26. The van der Waals surface area contributed by atoms with E-state index >= 15 is 0 Å². The van der Waals surface area contributed by atoms with Gasteiger partial charge in [-0.2, -0.15) is 0 Å². The minimum absolute atomic E-state index is 0.518. The van der Waals surface area contributed by atoms with E-state index in [2.05, 4.69) is 0 Å². The highest BCUT2D eigenvalue weighted by Crippen LogP contribution is 1.83. The summed E-state index contributed by atoms with van der Waals surface area (Å²) < 4.78 is 0. The van der Waals surface area contributed by atoms with Crippen LogP contribution in [0, 0.1) is 0 Å². The lowest BCUT2D eigenvalue weighted by Gasteiger charge is -1.84. The van der Waals surface area contributed by atoms with Crippen LogP contribution in [0.3, 0.4) is 0 Å². The van der Waals surface area contributed by atoms with Crippen LogP contribution >= 0.6 is 0 Å². The predicted octanol–water partition coefficient (Wildman–Crippen LogP) is -1.90. The molecule has 0 unspecified atom stereocenters. The minimum atomic E-state index is 0.518. The molecule has 0 aliphatic carbocycles. The quantitative estimate of drug-likeness (QED) is 0.312. The molecule has 38 valence electrons. The average molecular weight is 134 g/mol. The molecule has 0 rings (SSSR count). The van der Waals surface area contributed by atoms with Crippen molar-refractivity contribution >= 4 is 30.0 Å². The van der Waals surface area contributed by atoms with Crippen LogP contribution in [0.1, 0.15) is 0 Å². The van der Waals surface area contributed by atoms with E-state index in [0.29, 0.717) is 9.52 Å². The standard InChI is InChI=1S/C3H14Si3/c4-1-2-6-3-5/h1-3,6H2,4-5H3. The first kappa shape index (κ1) is 6.65. The summed E-state index contributed by atoms with van der Waals surface area (Å²) >= 11 is 0. The molecule has 0 aliphatic heterocycles. The molecule has 0 bridgehead atoms. The van der Waals surface area contributed by atoms with Gasteiger partial charge < -0.3 is 0 Å². The third-order valence-electron chi connectivity index (χ3n) is 0.957. The highest BCUT2D eigenvalue weighted by atomic mass is 28.2. The van der Waals surface area contributed by atoms with Crippen LogP contribution in [0.4, 0.5) is 0 Å². The molecule has 0 N–H and O–H groups in total. The fourth-order valence-electron chi connectivity index (χ4n) is 0.500. The Morgan fingerprint density at radius 2 is 2.00 bits per heavy atom. The van der Waals surface area contributed by atoms with Crippen molar-refractivity contribution in [3.63, 3.8) is 0 Å². The van der Waals surface area contributed by atoms with Crippen LogP contribution in [0.15, 0.2) is 0 Å². The van der Waals surface area contributed by atoms with Crippen LogP contribution < -0.4 is 0 Å². The van der Waals surface area contributed by atoms with Gasteiger partial charge in [0.2, 0.25) is 0 Å². The Hall–Kier alpha value is 0.651. The zero-order chi connectivity index (χ0) is 4.83. The normalized spacial score (nSPS) is 12.0. The number of rotatable bonds is 3. The van der Waals surface area contributed by atoms with Crippen molar-refractivity contribution in [1.29, 1.82) is 0 Å². The third kappa shape index (κ3) is 4.65. The minimum Gasteiger partial charge on any atom is -0.0750 e. The van der Waals surface area contributed by atoms with Crippen LogP contribution in [0.5, 0.6) is 0 Å². The molecule has 0 radical (unpaired) electrons. The molecule has 0 aliphatic rings. The summed E-state index contributed by atoms with van der Waals surface area (Å²) in [6.07, 6.45) is 0. The Labute approximate surface area is 48.4 Å². The molecule has 3 heteroatoms. The summed E-state index contributed by atoms with van der Waals surface area (Å²) in [4.78, 5) is 0. The summed E-state index contributed by atoms with van der Waals surface area (Å²) in [5.74, 6) is 0. The maximum Gasteiger partial charge on any atom is 0.0160 e. The molecule has 0 atom stereocenters. The monoisotopic (exact) mass is 134 g/mol. The van der Waals surface area contributed by atoms with Gasteiger partial charge in [0, 0.05) is 19.8 Å². The molecule has 0 heterocycles. The van der Waals surface area contributed by atoms with Crippen LogP contribution in [-0.4, -0.2) is 30.0 Å². The lowest BCUT2D eigenvalue weighted by atomic mass is 11.0. The summed E-state index contributed by atoms with van der Waals surface area (Å²) in [6, 6.07) is 3.23. The SMILES string of the molecule is [SiH3]CC[SiH2]C[SiH3]. The summed E-state index contributed by atoms with van der Waals surface area (Å²) in [5.41, 5.74) is 1.66. The first-order valence-electron chi connectivity index (χ1n) is 2.91. The molecule has 0 fully saturated rings. The highest BCUT2D eigenvalue weighted by Gasteiger charge is 1.77. The van der Waals surface area contributed by atoms with E-state index < -0.39 is 0 Å².